The number of hydrogen-bond donors (Lipinski definition) is 0. The van der Waals surface area contributed by atoms with Crippen LogP contribution in [0, 0.1) is 0 Å². The zero-order valence-electron chi connectivity index (χ0n) is 7.98. The molecule has 0 aliphatic heterocycles. The van der Waals surface area contributed by atoms with Crippen LogP contribution in [0.25, 0.3) is 0 Å². The predicted molar refractivity (Wildman–Crippen MR) is 50.3 cm³/mol. The lowest BCUT2D eigenvalue weighted by Crippen LogP contribution is -1.55. The van der Waals surface area contributed by atoms with Gasteiger partial charge in [-0.3, -0.25) is 0 Å². The normalized spacial score (nSPS) is 9.20. The molecule has 62 valence electrons. The highest BCUT2D eigenvalue weighted by Gasteiger charge is 1.64. The third kappa shape index (κ3) is 25.1. The largest absolute Gasteiger partial charge is 0.0917 e. The quantitative estimate of drug-likeness (QED) is 0.519. The van der Waals surface area contributed by atoms with E-state index in [1.165, 1.54) is 25.7 Å². The smallest absolute Gasteiger partial charge is 0.0353 e. The molecule has 0 heteroatoms. The standard InChI is InChI=1S/C6H12.C4H10/c1-3-5-6-4-2;1-3-4-2/h3,5H,4,6H2,1-2H3;3-4H2,1-2H3/b5-3+;. The van der Waals surface area contributed by atoms with Crippen LogP contribution < -0.4 is 0 Å². The fraction of sp³-hybridized carbons (Fsp3) is 0.800. The summed E-state index contributed by atoms with van der Waals surface area (Å²) < 4.78 is 0. The van der Waals surface area contributed by atoms with Crippen molar-refractivity contribution in [1.82, 2.24) is 0 Å². The highest BCUT2D eigenvalue weighted by atomic mass is 13.7. The predicted octanol–water partition coefficient (Wildman–Crippen LogP) is 4.17. The Balaban J connectivity index is 0. The Kier molecular flexibility index (Phi) is 19.7. The van der Waals surface area contributed by atoms with Crippen molar-refractivity contribution in [2.75, 3.05) is 0 Å². The number of hydrogen-bond acceptors (Lipinski definition) is 0. The molecule has 0 radical (unpaired) electrons. The Morgan fingerprint density at radius 2 is 1.40 bits per heavy atom. The van der Waals surface area contributed by atoms with E-state index in [0.717, 1.165) is 0 Å². The Bertz CT molecular complexity index is 51.1. The molecule has 0 nitrogen and oxygen atoms in total. The van der Waals surface area contributed by atoms with E-state index in [1.807, 2.05) is 0 Å². The van der Waals surface area contributed by atoms with E-state index in [9.17, 15) is 0 Å². The van der Waals surface area contributed by atoms with Crippen LogP contribution in [0.1, 0.15) is 53.4 Å². The van der Waals surface area contributed by atoms with Crippen LogP contribution >= 0.6 is 0 Å². The second kappa shape index (κ2) is 15.9. The summed E-state index contributed by atoms with van der Waals surface area (Å²) in [6, 6.07) is 0. The molecule has 0 aliphatic carbocycles. The molecule has 0 spiro atoms. The molecule has 0 amide bonds. The van der Waals surface area contributed by atoms with Crippen LogP contribution in [0.4, 0.5) is 0 Å². The zero-order chi connectivity index (χ0) is 8.24. The summed E-state index contributed by atoms with van der Waals surface area (Å²) in [7, 11) is 0. The summed E-state index contributed by atoms with van der Waals surface area (Å²) >= 11 is 0. The third-order valence-corrected chi connectivity index (χ3v) is 1.19. The van der Waals surface area contributed by atoms with Crippen molar-refractivity contribution in [3.63, 3.8) is 0 Å². The van der Waals surface area contributed by atoms with Crippen LogP contribution in [0.3, 0.4) is 0 Å². The molecule has 0 aromatic rings. The molecule has 0 heterocycles. The molecular weight excluding hydrogens is 120 g/mol. The van der Waals surface area contributed by atoms with Crippen molar-refractivity contribution >= 4 is 0 Å². The zero-order valence-corrected chi connectivity index (χ0v) is 7.98. The van der Waals surface area contributed by atoms with Crippen LogP contribution in [0.15, 0.2) is 12.2 Å². The lowest BCUT2D eigenvalue weighted by Gasteiger charge is -1.76. The average molecular weight is 142 g/mol. The van der Waals surface area contributed by atoms with Gasteiger partial charge in [-0.15, -0.1) is 0 Å². The minimum absolute atomic E-state index is 1.23. The summed E-state index contributed by atoms with van der Waals surface area (Å²) in [6.07, 6.45) is 9.41. The second-order valence-corrected chi connectivity index (χ2v) is 2.36. The van der Waals surface area contributed by atoms with Gasteiger partial charge in [-0.05, 0) is 13.3 Å². The summed E-state index contributed by atoms with van der Waals surface area (Å²) in [5.41, 5.74) is 0. The van der Waals surface area contributed by atoms with Crippen molar-refractivity contribution in [2.24, 2.45) is 0 Å². The van der Waals surface area contributed by atoms with E-state index >= 15 is 0 Å². The molecule has 0 rings (SSSR count). The molecule has 0 atom stereocenters. The average Bonchev–Trinajstić information content (AvgIpc) is 2.01. The second-order valence-electron chi connectivity index (χ2n) is 2.36. The van der Waals surface area contributed by atoms with E-state index < -0.39 is 0 Å². The van der Waals surface area contributed by atoms with Gasteiger partial charge in [-0.1, -0.05) is 52.2 Å². The van der Waals surface area contributed by atoms with Crippen molar-refractivity contribution in [2.45, 2.75) is 53.4 Å². The van der Waals surface area contributed by atoms with Crippen LogP contribution in [-0.4, -0.2) is 0 Å². The lowest BCUT2D eigenvalue weighted by molar-refractivity contribution is 0.886. The molecule has 0 aliphatic rings. The number of unbranched alkanes of at least 4 members (excludes halogenated alkanes) is 2. The Hall–Kier alpha value is -0.260. The lowest BCUT2D eigenvalue weighted by atomic mass is 10.3. The first-order valence-corrected chi connectivity index (χ1v) is 4.44. The SMILES string of the molecule is C/C=C/CCC.CCCC. The first-order chi connectivity index (χ1) is 4.83. The Labute approximate surface area is 66.3 Å². The molecular formula is C10H22. The van der Waals surface area contributed by atoms with Crippen molar-refractivity contribution in [3.8, 4) is 0 Å². The summed E-state index contributed by atoms with van der Waals surface area (Å²) in [6.45, 7) is 8.59. The molecule has 0 N–H and O–H groups in total. The van der Waals surface area contributed by atoms with Gasteiger partial charge in [0.05, 0.1) is 0 Å². The van der Waals surface area contributed by atoms with E-state index in [-0.39, 0.29) is 0 Å². The number of allylic oxidation sites excluding steroid dienone is 2. The van der Waals surface area contributed by atoms with Gasteiger partial charge >= 0.3 is 0 Å². The van der Waals surface area contributed by atoms with E-state index in [4.69, 9.17) is 0 Å². The van der Waals surface area contributed by atoms with Gasteiger partial charge in [-0.2, -0.15) is 0 Å². The van der Waals surface area contributed by atoms with Gasteiger partial charge in [0.25, 0.3) is 0 Å². The highest BCUT2D eigenvalue weighted by Crippen LogP contribution is 1.85. The third-order valence-electron chi connectivity index (χ3n) is 1.19. The van der Waals surface area contributed by atoms with Gasteiger partial charge in [0.1, 0.15) is 0 Å². The Morgan fingerprint density at radius 3 is 1.50 bits per heavy atom. The van der Waals surface area contributed by atoms with Gasteiger partial charge in [0, 0.05) is 0 Å². The van der Waals surface area contributed by atoms with E-state index in [2.05, 4.69) is 39.8 Å². The minimum atomic E-state index is 1.23. The highest BCUT2D eigenvalue weighted by molar-refractivity contribution is 4.75. The van der Waals surface area contributed by atoms with Gasteiger partial charge < -0.3 is 0 Å². The van der Waals surface area contributed by atoms with Crippen LogP contribution in [-0.2, 0) is 0 Å². The van der Waals surface area contributed by atoms with Crippen molar-refractivity contribution < 1.29 is 0 Å². The maximum atomic E-state index is 2.18. The number of rotatable bonds is 3. The molecule has 0 bridgehead atoms. The minimum Gasteiger partial charge on any atom is -0.0917 e. The molecule has 0 saturated carbocycles. The maximum Gasteiger partial charge on any atom is -0.0353 e. The monoisotopic (exact) mass is 142 g/mol. The van der Waals surface area contributed by atoms with Gasteiger partial charge in [-0.25, -0.2) is 0 Å². The van der Waals surface area contributed by atoms with Crippen LogP contribution in [0.5, 0.6) is 0 Å². The Morgan fingerprint density at radius 1 is 0.900 bits per heavy atom. The molecule has 0 aromatic carbocycles. The fourth-order valence-corrected chi connectivity index (χ4v) is 0.333. The molecule has 0 aromatic heterocycles. The first kappa shape index (κ1) is 12.4. The molecule has 0 fully saturated rings. The first-order valence-electron chi connectivity index (χ1n) is 4.44. The summed E-state index contributed by atoms with van der Waals surface area (Å²) in [5, 5.41) is 0. The van der Waals surface area contributed by atoms with Crippen molar-refractivity contribution in [3.05, 3.63) is 12.2 Å². The van der Waals surface area contributed by atoms with Crippen molar-refractivity contribution in [1.29, 1.82) is 0 Å². The van der Waals surface area contributed by atoms with E-state index in [0.29, 0.717) is 0 Å². The molecule has 0 saturated heterocycles. The van der Waals surface area contributed by atoms with Crippen LogP contribution in [0.2, 0.25) is 0 Å². The van der Waals surface area contributed by atoms with Gasteiger partial charge in [0.15, 0.2) is 0 Å². The summed E-state index contributed by atoms with van der Waals surface area (Å²) in [4.78, 5) is 0. The topological polar surface area (TPSA) is 0 Å². The van der Waals surface area contributed by atoms with E-state index in [1.54, 1.807) is 0 Å². The maximum absolute atomic E-state index is 2.18. The van der Waals surface area contributed by atoms with Gasteiger partial charge in [0.2, 0.25) is 0 Å². The molecule has 10 heavy (non-hydrogen) atoms. The summed E-state index contributed by atoms with van der Waals surface area (Å²) in [5.74, 6) is 0. The molecule has 0 unspecified atom stereocenters. The fourth-order valence-electron chi connectivity index (χ4n) is 0.333.